The Hall–Kier alpha value is -2.89. The van der Waals surface area contributed by atoms with Crippen molar-refractivity contribution in [2.24, 2.45) is 21.6 Å². The third kappa shape index (κ3) is 2.44. The molecule has 0 aromatic heterocycles. The number of aliphatic imine (C=N–C) groups is 2. The minimum atomic E-state index is -0.772. The molecular weight excluding hydrogens is 333 g/mol. The zero-order chi connectivity index (χ0) is 18.5. The average molecular weight is 353 g/mol. The summed E-state index contributed by atoms with van der Waals surface area (Å²) in [6.07, 6.45) is 2.02. The van der Waals surface area contributed by atoms with Crippen molar-refractivity contribution in [3.8, 4) is 22.6 Å². The van der Waals surface area contributed by atoms with Gasteiger partial charge in [0, 0.05) is 22.6 Å². The first kappa shape index (κ1) is 16.6. The molecule has 0 spiro atoms. The smallest absolute Gasteiger partial charge is 0.181 e. The second kappa shape index (κ2) is 5.83. The molecule has 0 amide bonds. The lowest BCUT2D eigenvalue weighted by Crippen LogP contribution is -2.23. The summed E-state index contributed by atoms with van der Waals surface area (Å²) in [5.74, 6) is 0.297. The van der Waals surface area contributed by atoms with E-state index < -0.39 is 11.5 Å². The van der Waals surface area contributed by atoms with Crippen LogP contribution in [0.3, 0.4) is 0 Å². The molecule has 2 aliphatic rings. The normalized spacial score (nSPS) is 22.1. The van der Waals surface area contributed by atoms with Gasteiger partial charge in [-0.2, -0.15) is 0 Å². The largest absolute Gasteiger partial charge is 0.507 e. The number of benzene rings is 2. The summed E-state index contributed by atoms with van der Waals surface area (Å²) in [6.45, 7) is 1.84. The molecule has 26 heavy (non-hydrogen) atoms. The van der Waals surface area contributed by atoms with Crippen LogP contribution in [0.25, 0.3) is 11.1 Å². The minimum absolute atomic E-state index is 0.0116. The number of halogens is 1. The Labute approximate surface area is 151 Å². The predicted molar refractivity (Wildman–Crippen MR) is 99.2 cm³/mol. The van der Waals surface area contributed by atoms with Crippen LogP contribution in [-0.4, -0.2) is 23.8 Å². The first-order valence-corrected chi connectivity index (χ1v) is 8.55. The number of hydrogen-bond acceptors (Lipinski definition) is 5. The van der Waals surface area contributed by atoms with Crippen LogP contribution < -0.4 is 10.5 Å². The van der Waals surface area contributed by atoms with E-state index in [4.69, 9.17) is 15.5 Å². The van der Waals surface area contributed by atoms with Gasteiger partial charge in [0.25, 0.3) is 0 Å². The molecule has 0 bridgehead atoms. The number of nitrogens with two attached hydrogens (primary N) is 1. The number of ether oxygens (including phenoxy) is 1. The number of rotatable bonds is 4. The summed E-state index contributed by atoms with van der Waals surface area (Å²) < 4.78 is 19.8. The molecular formula is C20H20FN3O2. The maximum atomic E-state index is 14.7. The second-order valence-electron chi connectivity index (χ2n) is 6.75. The highest BCUT2D eigenvalue weighted by Crippen LogP contribution is 2.52. The quantitative estimate of drug-likeness (QED) is 0.881. The molecule has 1 unspecified atom stereocenters. The zero-order valence-electron chi connectivity index (χ0n) is 14.7. The van der Waals surface area contributed by atoms with Crippen LogP contribution in [0.15, 0.2) is 46.4 Å². The molecule has 1 fully saturated rings. The SMILES string of the molecule is COc1cccc(-c2cc(C3(C4CC4)N=C(C)C(N)=N3)ccc2O)c1F. The van der Waals surface area contributed by atoms with Crippen molar-refractivity contribution in [2.75, 3.05) is 7.11 Å². The van der Waals surface area contributed by atoms with E-state index in [2.05, 4.69) is 4.99 Å². The fourth-order valence-corrected chi connectivity index (χ4v) is 3.49. The lowest BCUT2D eigenvalue weighted by molar-refractivity contribution is 0.387. The van der Waals surface area contributed by atoms with Crippen molar-refractivity contribution in [1.29, 1.82) is 0 Å². The third-order valence-corrected chi connectivity index (χ3v) is 5.04. The Kier molecular flexibility index (Phi) is 3.72. The highest BCUT2D eigenvalue weighted by atomic mass is 19.1. The molecule has 0 saturated heterocycles. The van der Waals surface area contributed by atoms with E-state index in [1.54, 1.807) is 36.4 Å². The van der Waals surface area contributed by atoms with Gasteiger partial charge in [-0.25, -0.2) is 9.38 Å². The predicted octanol–water partition coefficient (Wildman–Crippen LogP) is 3.60. The molecule has 1 saturated carbocycles. The Morgan fingerprint density at radius 1 is 1.19 bits per heavy atom. The number of amidine groups is 1. The van der Waals surface area contributed by atoms with Gasteiger partial charge in [0.15, 0.2) is 17.2 Å². The molecule has 2 aromatic carbocycles. The number of methoxy groups -OCH3 is 1. The summed E-state index contributed by atoms with van der Waals surface area (Å²) in [6, 6.07) is 9.94. The van der Waals surface area contributed by atoms with E-state index in [0.717, 1.165) is 18.4 Å². The number of hydrogen-bond donors (Lipinski definition) is 2. The van der Waals surface area contributed by atoms with Gasteiger partial charge in [0.2, 0.25) is 0 Å². The molecule has 1 atom stereocenters. The van der Waals surface area contributed by atoms with Crippen LogP contribution in [-0.2, 0) is 5.66 Å². The van der Waals surface area contributed by atoms with Crippen LogP contribution in [0, 0.1) is 11.7 Å². The van der Waals surface area contributed by atoms with Crippen LogP contribution in [0.1, 0.15) is 25.3 Å². The van der Waals surface area contributed by atoms with E-state index in [-0.39, 0.29) is 23.0 Å². The van der Waals surface area contributed by atoms with E-state index in [0.29, 0.717) is 17.1 Å². The van der Waals surface area contributed by atoms with Gasteiger partial charge < -0.3 is 15.6 Å². The number of nitrogens with zero attached hydrogens (tertiary/aromatic N) is 2. The second-order valence-corrected chi connectivity index (χ2v) is 6.75. The lowest BCUT2D eigenvalue weighted by Gasteiger charge is -2.24. The number of aromatic hydroxyl groups is 1. The summed E-state index contributed by atoms with van der Waals surface area (Å²) >= 11 is 0. The summed E-state index contributed by atoms with van der Waals surface area (Å²) in [7, 11) is 1.41. The molecule has 1 heterocycles. The molecule has 1 aliphatic carbocycles. The monoisotopic (exact) mass is 353 g/mol. The van der Waals surface area contributed by atoms with Crippen LogP contribution >= 0.6 is 0 Å². The molecule has 4 rings (SSSR count). The summed E-state index contributed by atoms with van der Waals surface area (Å²) in [5, 5.41) is 10.4. The average Bonchev–Trinajstić information content (AvgIpc) is 3.43. The first-order chi connectivity index (χ1) is 12.5. The Morgan fingerprint density at radius 3 is 2.58 bits per heavy atom. The van der Waals surface area contributed by atoms with Gasteiger partial charge in [-0.15, -0.1) is 0 Å². The van der Waals surface area contributed by atoms with Crippen molar-refractivity contribution in [3.63, 3.8) is 0 Å². The molecule has 2 aromatic rings. The van der Waals surface area contributed by atoms with Crippen LogP contribution in [0.5, 0.6) is 11.5 Å². The van der Waals surface area contributed by atoms with Crippen molar-refractivity contribution in [1.82, 2.24) is 0 Å². The Bertz CT molecular complexity index is 930. The highest BCUT2D eigenvalue weighted by molar-refractivity contribution is 6.41. The van der Waals surface area contributed by atoms with E-state index in [9.17, 15) is 9.50 Å². The molecule has 5 nitrogen and oxygen atoms in total. The minimum Gasteiger partial charge on any atom is -0.507 e. The zero-order valence-corrected chi connectivity index (χ0v) is 14.7. The maximum Gasteiger partial charge on any atom is 0.181 e. The van der Waals surface area contributed by atoms with Crippen LogP contribution in [0.4, 0.5) is 4.39 Å². The molecule has 1 aliphatic heterocycles. The number of phenolic OH excluding ortho intramolecular Hbond substituents is 1. The van der Waals surface area contributed by atoms with Crippen molar-refractivity contribution >= 4 is 11.5 Å². The van der Waals surface area contributed by atoms with Gasteiger partial charge in [-0.05, 0) is 38.0 Å². The fraction of sp³-hybridized carbons (Fsp3) is 0.300. The Morgan fingerprint density at radius 2 is 1.96 bits per heavy atom. The third-order valence-electron chi connectivity index (χ3n) is 5.04. The fourth-order valence-electron chi connectivity index (χ4n) is 3.49. The van der Waals surface area contributed by atoms with E-state index in [1.165, 1.54) is 7.11 Å². The Balaban J connectivity index is 1.88. The van der Waals surface area contributed by atoms with Gasteiger partial charge in [0.1, 0.15) is 11.6 Å². The van der Waals surface area contributed by atoms with Gasteiger partial charge in [0.05, 0.1) is 12.8 Å². The molecule has 0 radical (unpaired) electrons. The standard InChI is InChI=1S/C20H20FN3O2/c1-11-19(22)24-20(23-11,12-6-7-12)13-8-9-16(25)15(10-13)14-4-3-5-17(26-2)18(14)21/h3-5,8-10,12,25H,6-7H2,1-2H3,(H2,22,24). The van der Waals surface area contributed by atoms with E-state index in [1.807, 2.05) is 6.92 Å². The van der Waals surface area contributed by atoms with Gasteiger partial charge in [-0.3, -0.25) is 4.99 Å². The van der Waals surface area contributed by atoms with Crippen molar-refractivity contribution in [3.05, 3.63) is 47.8 Å². The lowest BCUT2D eigenvalue weighted by atomic mass is 9.91. The van der Waals surface area contributed by atoms with E-state index >= 15 is 0 Å². The molecule has 6 heteroatoms. The first-order valence-electron chi connectivity index (χ1n) is 8.55. The van der Waals surface area contributed by atoms with Crippen molar-refractivity contribution in [2.45, 2.75) is 25.4 Å². The summed E-state index contributed by atoms with van der Waals surface area (Å²) in [4.78, 5) is 9.39. The molecule has 3 N–H and O–H groups in total. The van der Waals surface area contributed by atoms with Crippen LogP contribution in [0.2, 0.25) is 0 Å². The number of phenols is 1. The van der Waals surface area contributed by atoms with Crippen molar-refractivity contribution < 1.29 is 14.2 Å². The molecule has 134 valence electrons. The summed E-state index contributed by atoms with van der Waals surface area (Å²) in [5.41, 5.74) is 7.38. The van der Waals surface area contributed by atoms with Gasteiger partial charge in [-0.1, -0.05) is 18.2 Å². The maximum absolute atomic E-state index is 14.7. The topological polar surface area (TPSA) is 80.2 Å². The highest BCUT2D eigenvalue weighted by Gasteiger charge is 2.49. The van der Waals surface area contributed by atoms with Gasteiger partial charge >= 0.3 is 0 Å².